The Labute approximate surface area is 112 Å². The third-order valence-electron chi connectivity index (χ3n) is 4.87. The minimum absolute atomic E-state index is 0.189. The Kier molecular flexibility index (Phi) is 2.19. The van der Waals surface area contributed by atoms with E-state index >= 15 is 0 Å². The number of allylic oxidation sites excluding steroid dienone is 1. The highest BCUT2D eigenvalue weighted by atomic mass is 16.6. The molecule has 0 radical (unpaired) electrons. The van der Waals surface area contributed by atoms with Crippen LogP contribution in [0.5, 0.6) is 0 Å². The van der Waals surface area contributed by atoms with Crippen LogP contribution in [0.4, 0.5) is 0 Å². The third-order valence-corrected chi connectivity index (χ3v) is 4.87. The fourth-order valence-corrected chi connectivity index (χ4v) is 4.09. The Morgan fingerprint density at radius 2 is 2.00 bits per heavy atom. The van der Waals surface area contributed by atoms with Crippen molar-refractivity contribution >= 4 is 5.97 Å². The van der Waals surface area contributed by atoms with Crippen molar-refractivity contribution in [3.63, 3.8) is 0 Å². The molecule has 0 spiro atoms. The average molecular weight is 256 g/mol. The molecule has 98 valence electrons. The summed E-state index contributed by atoms with van der Waals surface area (Å²) in [6, 6.07) is 9.76. The van der Waals surface area contributed by atoms with Gasteiger partial charge in [-0.3, -0.25) is 0 Å². The molecule has 3 aliphatic rings. The number of rotatable bonds is 2. The lowest BCUT2D eigenvalue weighted by molar-refractivity contribution is -0.272. The van der Waals surface area contributed by atoms with Crippen LogP contribution in [0, 0.1) is 17.8 Å². The molecule has 0 amide bonds. The van der Waals surface area contributed by atoms with Crippen molar-refractivity contribution in [3.05, 3.63) is 48.0 Å². The summed E-state index contributed by atoms with van der Waals surface area (Å²) in [5, 5.41) is 0. The first-order chi connectivity index (χ1) is 9.27. The Balaban J connectivity index is 1.80. The van der Waals surface area contributed by atoms with Gasteiger partial charge in [-0.1, -0.05) is 42.5 Å². The van der Waals surface area contributed by atoms with Crippen LogP contribution < -0.4 is 0 Å². The van der Waals surface area contributed by atoms with Gasteiger partial charge in [0.1, 0.15) is 0 Å². The number of hydrogen-bond donors (Lipinski definition) is 0. The maximum Gasteiger partial charge on any atom is 0.343 e. The highest BCUT2D eigenvalue weighted by molar-refractivity contribution is 5.83. The number of esters is 1. The maximum absolute atomic E-state index is 12.4. The summed E-state index contributed by atoms with van der Waals surface area (Å²) >= 11 is 0. The van der Waals surface area contributed by atoms with Gasteiger partial charge < -0.3 is 9.47 Å². The van der Waals surface area contributed by atoms with Crippen LogP contribution in [0.25, 0.3) is 0 Å². The molecule has 1 aliphatic heterocycles. The fourth-order valence-electron chi connectivity index (χ4n) is 4.09. The summed E-state index contributed by atoms with van der Waals surface area (Å²) in [4.78, 5) is 12.4. The van der Waals surface area contributed by atoms with Crippen molar-refractivity contribution in [1.82, 2.24) is 0 Å². The van der Waals surface area contributed by atoms with Gasteiger partial charge in [0, 0.05) is 11.8 Å². The molecule has 0 N–H and O–H groups in total. The standard InChI is InChI=1S/C16H16O3/c1-18-15(17)16(12-5-3-2-4-6-12)13-10-7-8-11(9-10)14(13)19-16/h2-8,10-11,13-14H,9H2,1H3/t10-,11+,13-,14+,16-/m1/s1. The monoisotopic (exact) mass is 256 g/mol. The maximum atomic E-state index is 12.4. The highest BCUT2D eigenvalue weighted by Gasteiger charge is 2.69. The molecule has 1 saturated heterocycles. The molecular formula is C16H16O3. The van der Waals surface area contributed by atoms with E-state index in [1.54, 1.807) is 0 Å². The van der Waals surface area contributed by atoms with E-state index in [0.29, 0.717) is 11.8 Å². The summed E-state index contributed by atoms with van der Waals surface area (Å²) in [5.74, 6) is 0.901. The van der Waals surface area contributed by atoms with E-state index in [2.05, 4.69) is 12.2 Å². The van der Waals surface area contributed by atoms with Crippen molar-refractivity contribution < 1.29 is 14.3 Å². The molecule has 2 fully saturated rings. The summed E-state index contributed by atoms with van der Waals surface area (Å²) in [6.07, 6.45) is 5.78. The van der Waals surface area contributed by atoms with Gasteiger partial charge in [0.25, 0.3) is 0 Å². The topological polar surface area (TPSA) is 35.5 Å². The second-order valence-corrected chi connectivity index (χ2v) is 5.65. The second kappa shape index (κ2) is 3.70. The van der Waals surface area contributed by atoms with E-state index in [-0.39, 0.29) is 18.0 Å². The number of fused-ring (bicyclic) bond motifs is 5. The number of benzene rings is 1. The number of ether oxygens (including phenoxy) is 2. The van der Waals surface area contributed by atoms with E-state index in [1.165, 1.54) is 7.11 Å². The Morgan fingerprint density at radius 3 is 2.68 bits per heavy atom. The lowest BCUT2D eigenvalue weighted by atomic mass is 9.68. The van der Waals surface area contributed by atoms with E-state index < -0.39 is 5.60 Å². The first-order valence-electron chi connectivity index (χ1n) is 6.77. The van der Waals surface area contributed by atoms with Crippen molar-refractivity contribution in [2.24, 2.45) is 17.8 Å². The highest BCUT2D eigenvalue weighted by Crippen LogP contribution is 2.62. The SMILES string of the molecule is COC(=O)[C@]1(c2ccccc2)O[C@@H]2[C@H]1[C@@H]1C=C[C@H]2C1. The van der Waals surface area contributed by atoms with Gasteiger partial charge in [0.05, 0.1) is 13.2 Å². The van der Waals surface area contributed by atoms with Gasteiger partial charge in [-0.2, -0.15) is 0 Å². The van der Waals surface area contributed by atoms with E-state index in [4.69, 9.17) is 9.47 Å². The van der Waals surface area contributed by atoms with Gasteiger partial charge in [0.2, 0.25) is 0 Å². The quantitative estimate of drug-likeness (QED) is 0.601. The normalized spacial score (nSPS) is 41.7. The zero-order chi connectivity index (χ0) is 13.0. The summed E-state index contributed by atoms with van der Waals surface area (Å²) in [6.45, 7) is 0. The van der Waals surface area contributed by atoms with Gasteiger partial charge in [0.15, 0.2) is 5.60 Å². The summed E-state index contributed by atoms with van der Waals surface area (Å²) in [5.41, 5.74) is 0.0363. The van der Waals surface area contributed by atoms with Crippen LogP contribution in [0.3, 0.4) is 0 Å². The first-order valence-corrected chi connectivity index (χ1v) is 6.77. The Bertz CT molecular complexity index is 550. The Hall–Kier alpha value is -1.61. The number of carbonyl (C=O) groups excluding carboxylic acids is 1. The zero-order valence-corrected chi connectivity index (χ0v) is 10.8. The Morgan fingerprint density at radius 1 is 1.26 bits per heavy atom. The lowest BCUT2D eigenvalue weighted by Gasteiger charge is -2.53. The predicted molar refractivity (Wildman–Crippen MR) is 69.2 cm³/mol. The van der Waals surface area contributed by atoms with Gasteiger partial charge in [-0.25, -0.2) is 4.79 Å². The van der Waals surface area contributed by atoms with Gasteiger partial charge in [-0.15, -0.1) is 0 Å². The molecule has 1 aromatic rings. The first kappa shape index (κ1) is 11.2. The zero-order valence-electron chi connectivity index (χ0n) is 10.8. The van der Waals surface area contributed by atoms with Crippen LogP contribution in [-0.4, -0.2) is 19.2 Å². The van der Waals surface area contributed by atoms with E-state index in [0.717, 1.165) is 12.0 Å². The van der Waals surface area contributed by atoms with Crippen molar-refractivity contribution in [3.8, 4) is 0 Å². The molecule has 3 nitrogen and oxygen atoms in total. The molecule has 2 aliphatic carbocycles. The molecule has 1 aromatic carbocycles. The number of carbonyl (C=O) groups is 1. The molecule has 0 aromatic heterocycles. The molecular weight excluding hydrogens is 240 g/mol. The van der Waals surface area contributed by atoms with Crippen LogP contribution in [0.2, 0.25) is 0 Å². The number of hydrogen-bond acceptors (Lipinski definition) is 3. The molecule has 3 heteroatoms. The molecule has 19 heavy (non-hydrogen) atoms. The molecule has 0 unspecified atom stereocenters. The van der Waals surface area contributed by atoms with Crippen LogP contribution in [0.15, 0.2) is 42.5 Å². The minimum Gasteiger partial charge on any atom is -0.467 e. The lowest BCUT2D eigenvalue weighted by Crippen LogP contribution is -2.63. The van der Waals surface area contributed by atoms with Crippen LogP contribution in [-0.2, 0) is 19.9 Å². The van der Waals surface area contributed by atoms with Crippen molar-refractivity contribution in [2.75, 3.05) is 7.11 Å². The van der Waals surface area contributed by atoms with Crippen molar-refractivity contribution in [1.29, 1.82) is 0 Å². The second-order valence-electron chi connectivity index (χ2n) is 5.65. The smallest absolute Gasteiger partial charge is 0.343 e. The van der Waals surface area contributed by atoms with Gasteiger partial charge in [-0.05, 0) is 17.9 Å². The van der Waals surface area contributed by atoms with E-state index in [1.807, 2.05) is 30.3 Å². The third kappa shape index (κ3) is 1.24. The minimum atomic E-state index is -0.884. The molecule has 1 saturated carbocycles. The largest absolute Gasteiger partial charge is 0.467 e. The molecule has 1 heterocycles. The predicted octanol–water partition coefficient (Wildman–Crippen LogP) is 2.28. The van der Waals surface area contributed by atoms with Crippen molar-refractivity contribution in [2.45, 2.75) is 18.1 Å². The molecule has 5 atom stereocenters. The van der Waals surface area contributed by atoms with E-state index in [9.17, 15) is 4.79 Å². The average Bonchev–Trinajstić information content (AvgIpc) is 2.97. The van der Waals surface area contributed by atoms with Gasteiger partial charge >= 0.3 is 5.97 Å². The molecule has 4 rings (SSSR count). The summed E-state index contributed by atoms with van der Waals surface area (Å²) < 4.78 is 11.1. The van der Waals surface area contributed by atoms with Crippen LogP contribution in [0.1, 0.15) is 12.0 Å². The summed E-state index contributed by atoms with van der Waals surface area (Å²) in [7, 11) is 1.44. The molecule has 2 bridgehead atoms. The van der Waals surface area contributed by atoms with Crippen LogP contribution >= 0.6 is 0 Å². The number of methoxy groups -OCH3 is 1. The fraction of sp³-hybridized carbons (Fsp3) is 0.438.